The molecule has 1 rings (SSSR count). The summed E-state index contributed by atoms with van der Waals surface area (Å²) in [5, 5.41) is 9.33. The van der Waals surface area contributed by atoms with Crippen LogP contribution in [-0.4, -0.2) is 34.7 Å². The Balaban J connectivity index is 3.03. The van der Waals surface area contributed by atoms with E-state index < -0.39 is 30.1 Å². The van der Waals surface area contributed by atoms with Gasteiger partial charge in [0.05, 0.1) is 0 Å². The summed E-state index contributed by atoms with van der Waals surface area (Å²) in [6.07, 6.45) is -3.45. The second-order valence-corrected chi connectivity index (χ2v) is 5.80. The van der Waals surface area contributed by atoms with Crippen LogP contribution < -0.4 is 0 Å². The lowest BCUT2D eigenvalue weighted by Crippen LogP contribution is -2.39. The van der Waals surface area contributed by atoms with Gasteiger partial charge in [-0.15, -0.1) is 0 Å². The number of aliphatic carboxylic acids is 1. The number of carboxylic acid groups (broad SMARTS) is 1. The van der Waals surface area contributed by atoms with Crippen molar-refractivity contribution >= 4 is 12.1 Å². The van der Waals surface area contributed by atoms with Crippen molar-refractivity contribution in [2.45, 2.75) is 38.8 Å². The molecule has 0 fully saturated rings. The van der Waals surface area contributed by atoms with Crippen molar-refractivity contribution in [3.8, 4) is 0 Å². The molecule has 0 aromatic heterocycles. The summed E-state index contributed by atoms with van der Waals surface area (Å²) >= 11 is 0. The van der Waals surface area contributed by atoms with Crippen LogP contribution in [0.4, 0.5) is 13.6 Å². The third-order valence-electron chi connectivity index (χ3n) is 2.81. The van der Waals surface area contributed by atoms with Gasteiger partial charge in [0, 0.05) is 12.6 Å². The lowest BCUT2D eigenvalue weighted by atomic mass is 10.0. The van der Waals surface area contributed by atoms with E-state index in [2.05, 4.69) is 0 Å². The van der Waals surface area contributed by atoms with Crippen LogP contribution in [0.25, 0.3) is 0 Å². The zero-order valence-electron chi connectivity index (χ0n) is 12.8. The Hall–Kier alpha value is -2.18. The molecule has 0 radical (unpaired) electrons. The number of nitrogens with zero attached hydrogens (tertiary/aromatic N) is 1. The van der Waals surface area contributed by atoms with Crippen molar-refractivity contribution < 1.29 is 28.2 Å². The lowest BCUT2D eigenvalue weighted by Gasteiger charge is -2.28. The van der Waals surface area contributed by atoms with Crippen molar-refractivity contribution in [3.63, 3.8) is 0 Å². The third-order valence-corrected chi connectivity index (χ3v) is 2.81. The summed E-state index contributed by atoms with van der Waals surface area (Å²) in [7, 11) is 1.29. The van der Waals surface area contributed by atoms with Crippen LogP contribution in [0, 0.1) is 0 Å². The molecule has 122 valence electrons. The highest BCUT2D eigenvalue weighted by Crippen LogP contribution is 2.25. The summed E-state index contributed by atoms with van der Waals surface area (Å²) in [6, 6.07) is 3.49. The Bertz CT molecular complexity index is 537. The van der Waals surface area contributed by atoms with E-state index in [0.717, 1.165) is 17.0 Å². The zero-order chi connectivity index (χ0) is 17.1. The maximum atomic E-state index is 12.5. The van der Waals surface area contributed by atoms with Gasteiger partial charge >= 0.3 is 12.1 Å². The summed E-state index contributed by atoms with van der Waals surface area (Å²) in [4.78, 5) is 24.3. The van der Waals surface area contributed by atoms with Gasteiger partial charge < -0.3 is 9.84 Å². The molecule has 7 heteroatoms. The van der Waals surface area contributed by atoms with Crippen LogP contribution in [0.1, 0.15) is 44.4 Å². The first-order valence-electron chi connectivity index (χ1n) is 6.59. The monoisotopic (exact) mass is 315 g/mol. The molecule has 0 bridgehead atoms. The fraction of sp³-hybridized carbons (Fsp3) is 0.467. The minimum atomic E-state index is -2.64. The normalized spacial score (nSPS) is 12.9. The average molecular weight is 315 g/mol. The first-order valence-corrected chi connectivity index (χ1v) is 6.59. The predicted octanol–water partition coefficient (Wildman–Crippen LogP) is 3.62. The number of alkyl halides is 2. The molecular formula is C15H19F2NO4. The summed E-state index contributed by atoms with van der Waals surface area (Å²) in [5.74, 6) is -1.28. The van der Waals surface area contributed by atoms with Gasteiger partial charge in [-0.3, -0.25) is 4.90 Å². The Morgan fingerprint density at radius 2 is 1.59 bits per heavy atom. The van der Waals surface area contributed by atoms with E-state index in [1.54, 1.807) is 20.8 Å². The van der Waals surface area contributed by atoms with E-state index in [1.165, 1.54) is 19.2 Å². The molecule has 1 amide bonds. The second kappa shape index (κ2) is 6.72. The molecule has 1 N–H and O–H groups in total. The molecule has 0 aliphatic carbocycles. The number of hydrogen-bond acceptors (Lipinski definition) is 3. The maximum absolute atomic E-state index is 12.5. The SMILES string of the molecule is CN(C(=O)OC(C)(C)C)C(C(=O)O)c1ccc(C(F)F)cc1. The minimum absolute atomic E-state index is 0.213. The van der Waals surface area contributed by atoms with Crippen LogP contribution in [0.3, 0.4) is 0 Å². The Morgan fingerprint density at radius 1 is 1.14 bits per heavy atom. The molecule has 0 saturated heterocycles. The first-order chi connectivity index (χ1) is 10.0. The van der Waals surface area contributed by atoms with Gasteiger partial charge in [0.25, 0.3) is 6.43 Å². The molecule has 22 heavy (non-hydrogen) atoms. The van der Waals surface area contributed by atoms with Gasteiger partial charge in [-0.1, -0.05) is 24.3 Å². The predicted molar refractivity (Wildman–Crippen MR) is 75.8 cm³/mol. The standard InChI is InChI=1S/C15H19F2NO4/c1-15(2,3)22-14(21)18(4)11(13(19)20)9-5-7-10(8-6-9)12(16)17/h5-8,11-12H,1-4H3,(H,19,20). The minimum Gasteiger partial charge on any atom is -0.479 e. The number of carbonyl (C=O) groups is 2. The average Bonchev–Trinajstić information content (AvgIpc) is 2.36. The van der Waals surface area contributed by atoms with Gasteiger partial charge in [-0.25, -0.2) is 18.4 Å². The van der Waals surface area contributed by atoms with Crippen LogP contribution >= 0.6 is 0 Å². The number of amides is 1. The maximum Gasteiger partial charge on any atom is 0.411 e. The molecule has 1 aromatic rings. The molecule has 0 spiro atoms. The smallest absolute Gasteiger partial charge is 0.411 e. The van der Waals surface area contributed by atoms with E-state index in [0.29, 0.717) is 0 Å². The molecule has 5 nitrogen and oxygen atoms in total. The summed E-state index contributed by atoms with van der Waals surface area (Å²) in [5.41, 5.74) is -0.772. The number of carbonyl (C=O) groups excluding carboxylic acids is 1. The summed E-state index contributed by atoms with van der Waals surface area (Å²) < 4.78 is 30.2. The fourth-order valence-electron chi connectivity index (χ4n) is 1.79. The number of hydrogen-bond donors (Lipinski definition) is 1. The number of rotatable bonds is 4. The van der Waals surface area contributed by atoms with Crippen molar-refractivity contribution in [2.24, 2.45) is 0 Å². The lowest BCUT2D eigenvalue weighted by molar-refractivity contribution is -0.142. The molecule has 0 heterocycles. The molecule has 1 unspecified atom stereocenters. The van der Waals surface area contributed by atoms with E-state index >= 15 is 0 Å². The molecule has 1 atom stereocenters. The van der Waals surface area contributed by atoms with Gasteiger partial charge in [-0.2, -0.15) is 0 Å². The van der Waals surface area contributed by atoms with Gasteiger partial charge in [0.1, 0.15) is 5.60 Å². The molecule has 0 saturated carbocycles. The van der Waals surface area contributed by atoms with Crippen molar-refractivity contribution in [1.29, 1.82) is 0 Å². The van der Waals surface area contributed by atoms with E-state index in [4.69, 9.17) is 4.74 Å². The zero-order valence-corrected chi connectivity index (χ0v) is 12.8. The molecule has 1 aromatic carbocycles. The van der Waals surface area contributed by atoms with Crippen molar-refractivity contribution in [1.82, 2.24) is 4.90 Å². The number of carboxylic acids is 1. The fourth-order valence-corrected chi connectivity index (χ4v) is 1.79. The number of benzene rings is 1. The van der Waals surface area contributed by atoms with Crippen LogP contribution in [0.15, 0.2) is 24.3 Å². The van der Waals surface area contributed by atoms with Crippen molar-refractivity contribution in [3.05, 3.63) is 35.4 Å². The number of ether oxygens (including phenoxy) is 1. The van der Waals surface area contributed by atoms with Gasteiger partial charge in [0.2, 0.25) is 0 Å². The van der Waals surface area contributed by atoms with E-state index in [-0.39, 0.29) is 11.1 Å². The highest BCUT2D eigenvalue weighted by molar-refractivity contribution is 5.81. The van der Waals surface area contributed by atoms with Crippen LogP contribution in [-0.2, 0) is 9.53 Å². The quantitative estimate of drug-likeness (QED) is 0.921. The van der Waals surface area contributed by atoms with E-state index in [9.17, 15) is 23.5 Å². The van der Waals surface area contributed by atoms with Crippen LogP contribution in [0.2, 0.25) is 0 Å². The van der Waals surface area contributed by atoms with Crippen LogP contribution in [0.5, 0.6) is 0 Å². The first kappa shape index (κ1) is 17.9. The molecule has 0 aliphatic heterocycles. The highest BCUT2D eigenvalue weighted by atomic mass is 19.3. The molecule has 0 aliphatic rings. The topological polar surface area (TPSA) is 66.8 Å². The Morgan fingerprint density at radius 3 is 1.95 bits per heavy atom. The second-order valence-electron chi connectivity index (χ2n) is 5.80. The highest BCUT2D eigenvalue weighted by Gasteiger charge is 2.31. The largest absolute Gasteiger partial charge is 0.479 e. The van der Waals surface area contributed by atoms with Gasteiger partial charge in [-0.05, 0) is 26.3 Å². The third kappa shape index (κ3) is 4.68. The Labute approximate surface area is 127 Å². The molecular weight excluding hydrogens is 296 g/mol. The Kier molecular flexibility index (Phi) is 5.46. The van der Waals surface area contributed by atoms with E-state index in [1.807, 2.05) is 0 Å². The number of likely N-dealkylation sites (N-methyl/N-ethyl adjacent to an activating group) is 1. The van der Waals surface area contributed by atoms with Crippen molar-refractivity contribution in [2.75, 3.05) is 7.05 Å². The number of halogens is 2. The van der Waals surface area contributed by atoms with Gasteiger partial charge in [0.15, 0.2) is 6.04 Å². The summed E-state index contributed by atoms with van der Waals surface area (Å²) in [6.45, 7) is 4.98.